The predicted molar refractivity (Wildman–Crippen MR) is 171 cm³/mol. The van der Waals surface area contributed by atoms with Gasteiger partial charge in [-0.25, -0.2) is 0 Å². The number of hydrogen-bond donors (Lipinski definition) is 3. The highest BCUT2D eigenvalue weighted by atomic mass is 19.4. The molecular weight excluding hydrogens is 583 g/mol. The Labute approximate surface area is 262 Å². The number of nitrogens with one attached hydrogen (secondary N) is 3. The third kappa shape index (κ3) is 8.05. The number of benzene rings is 2. The van der Waals surface area contributed by atoms with E-state index < -0.39 is 12.7 Å². The van der Waals surface area contributed by atoms with E-state index in [1.165, 1.54) is 11.7 Å². The van der Waals surface area contributed by atoms with Crippen LogP contribution in [0.15, 0.2) is 42.5 Å². The SMILES string of the molecule is COc1cc(C(=O)NC2CCOCC2)ccc1NCC#Cc1cc2c(N[C@@H]3CCN(C)CC3(C)C)cccc2n1CC(F)(F)F. The number of ether oxygens (including phenoxy) is 2. The number of piperidine rings is 1. The van der Waals surface area contributed by atoms with Crippen LogP contribution in [0.4, 0.5) is 24.5 Å². The zero-order valence-electron chi connectivity index (χ0n) is 26.3. The van der Waals surface area contributed by atoms with Crippen LogP contribution in [0.2, 0.25) is 0 Å². The van der Waals surface area contributed by atoms with Crippen LogP contribution in [-0.4, -0.2) is 80.6 Å². The topological polar surface area (TPSA) is 79.8 Å². The summed E-state index contributed by atoms with van der Waals surface area (Å²) >= 11 is 0. The Kier molecular flexibility index (Phi) is 9.85. The second kappa shape index (κ2) is 13.6. The van der Waals surface area contributed by atoms with Crippen molar-refractivity contribution in [1.82, 2.24) is 14.8 Å². The molecule has 1 amide bonds. The molecule has 2 fully saturated rings. The molecule has 0 bridgehead atoms. The van der Waals surface area contributed by atoms with E-state index in [9.17, 15) is 18.0 Å². The zero-order valence-corrected chi connectivity index (χ0v) is 26.3. The van der Waals surface area contributed by atoms with E-state index in [1.54, 1.807) is 36.4 Å². The molecule has 0 saturated carbocycles. The summed E-state index contributed by atoms with van der Waals surface area (Å²) in [6, 6.07) is 12.5. The van der Waals surface area contributed by atoms with E-state index in [2.05, 4.69) is 53.6 Å². The first-order chi connectivity index (χ1) is 21.4. The van der Waals surface area contributed by atoms with Crippen LogP contribution in [0.3, 0.4) is 0 Å². The fourth-order valence-corrected chi connectivity index (χ4v) is 6.31. The molecule has 2 aliphatic heterocycles. The Bertz CT molecular complexity index is 1570. The summed E-state index contributed by atoms with van der Waals surface area (Å²) < 4.78 is 53.2. The van der Waals surface area contributed by atoms with Gasteiger partial charge in [-0.2, -0.15) is 13.2 Å². The lowest BCUT2D eigenvalue weighted by Crippen LogP contribution is -2.50. The maximum Gasteiger partial charge on any atom is 0.406 e. The lowest BCUT2D eigenvalue weighted by atomic mass is 9.79. The minimum atomic E-state index is -4.41. The van der Waals surface area contributed by atoms with Crippen molar-refractivity contribution in [2.75, 3.05) is 57.6 Å². The molecule has 3 N–H and O–H groups in total. The van der Waals surface area contributed by atoms with Gasteiger partial charge in [0, 0.05) is 48.5 Å². The van der Waals surface area contributed by atoms with Crippen LogP contribution in [-0.2, 0) is 11.3 Å². The van der Waals surface area contributed by atoms with Crippen molar-refractivity contribution in [2.45, 2.75) is 57.9 Å². The number of nitrogens with zero attached hydrogens (tertiary/aromatic N) is 2. The molecule has 0 spiro atoms. The van der Waals surface area contributed by atoms with Crippen LogP contribution in [0.25, 0.3) is 10.9 Å². The Hall–Kier alpha value is -3.88. The van der Waals surface area contributed by atoms with Crippen molar-refractivity contribution in [2.24, 2.45) is 5.41 Å². The van der Waals surface area contributed by atoms with Crippen molar-refractivity contribution in [3.8, 4) is 17.6 Å². The fourth-order valence-electron chi connectivity index (χ4n) is 6.31. The molecule has 2 saturated heterocycles. The number of hydrogen-bond acceptors (Lipinski definition) is 6. The highest BCUT2D eigenvalue weighted by molar-refractivity contribution is 5.96. The van der Waals surface area contributed by atoms with Gasteiger partial charge in [0.2, 0.25) is 0 Å². The normalized spacial score (nSPS) is 19.0. The van der Waals surface area contributed by atoms with Gasteiger partial charge in [-0.3, -0.25) is 4.79 Å². The minimum absolute atomic E-state index is 0.00806. The Morgan fingerprint density at radius 2 is 1.89 bits per heavy atom. The molecule has 0 unspecified atom stereocenters. The van der Waals surface area contributed by atoms with Crippen molar-refractivity contribution in [3.05, 3.63) is 53.7 Å². The summed E-state index contributed by atoms with van der Waals surface area (Å²) in [4.78, 5) is 15.1. The summed E-state index contributed by atoms with van der Waals surface area (Å²) in [5.41, 5.74) is 2.66. The van der Waals surface area contributed by atoms with Gasteiger partial charge < -0.3 is 34.9 Å². The molecule has 242 valence electrons. The van der Waals surface area contributed by atoms with Gasteiger partial charge >= 0.3 is 6.18 Å². The van der Waals surface area contributed by atoms with E-state index >= 15 is 0 Å². The van der Waals surface area contributed by atoms with Crippen molar-refractivity contribution in [3.63, 3.8) is 0 Å². The molecule has 8 nitrogen and oxygen atoms in total. The summed E-state index contributed by atoms with van der Waals surface area (Å²) in [6.45, 7) is 6.58. The number of anilines is 2. The Morgan fingerprint density at radius 3 is 2.60 bits per heavy atom. The van der Waals surface area contributed by atoms with Gasteiger partial charge in [0.1, 0.15) is 12.3 Å². The van der Waals surface area contributed by atoms with Gasteiger partial charge in [-0.05, 0) is 80.6 Å². The van der Waals surface area contributed by atoms with Crippen molar-refractivity contribution < 1.29 is 27.4 Å². The highest BCUT2D eigenvalue weighted by Crippen LogP contribution is 2.35. The van der Waals surface area contributed by atoms with Gasteiger partial charge in [0.25, 0.3) is 5.91 Å². The molecule has 0 radical (unpaired) electrons. The average Bonchev–Trinajstić information content (AvgIpc) is 3.33. The zero-order chi connectivity index (χ0) is 32.2. The second-order valence-corrected chi connectivity index (χ2v) is 12.6. The third-order valence-corrected chi connectivity index (χ3v) is 8.64. The number of amides is 1. The molecule has 3 heterocycles. The number of alkyl halides is 3. The van der Waals surface area contributed by atoms with Gasteiger partial charge in [-0.1, -0.05) is 25.8 Å². The van der Waals surface area contributed by atoms with Gasteiger partial charge in [0.05, 0.1) is 30.6 Å². The molecular formula is C34H42F3N5O3. The molecule has 1 aromatic heterocycles. The quantitative estimate of drug-likeness (QED) is 0.278. The molecule has 45 heavy (non-hydrogen) atoms. The molecule has 3 aromatic rings. The summed E-state index contributed by atoms with van der Waals surface area (Å²) in [5.74, 6) is 6.22. The molecule has 11 heteroatoms. The first-order valence-electron chi connectivity index (χ1n) is 15.4. The number of fused-ring (bicyclic) bond motifs is 1. The van der Waals surface area contributed by atoms with Crippen molar-refractivity contribution in [1.29, 1.82) is 0 Å². The van der Waals surface area contributed by atoms with E-state index in [1.807, 2.05) is 6.07 Å². The largest absolute Gasteiger partial charge is 0.495 e. The fraction of sp³-hybridized carbons (Fsp3) is 0.500. The van der Waals surface area contributed by atoms with Crippen molar-refractivity contribution >= 4 is 28.2 Å². The number of likely N-dealkylation sites (tertiary alicyclic amines) is 1. The molecule has 0 aliphatic carbocycles. The van der Waals surface area contributed by atoms with Gasteiger partial charge in [-0.15, -0.1) is 0 Å². The molecule has 1 atom stereocenters. The third-order valence-electron chi connectivity index (χ3n) is 8.64. The predicted octanol–water partition coefficient (Wildman–Crippen LogP) is 5.73. The first kappa shape index (κ1) is 32.5. The molecule has 2 aliphatic rings. The first-order valence-corrected chi connectivity index (χ1v) is 15.4. The molecule has 5 rings (SSSR count). The number of halogens is 3. The molecule has 2 aromatic carbocycles. The van der Waals surface area contributed by atoms with Crippen LogP contribution >= 0.6 is 0 Å². The smallest absolute Gasteiger partial charge is 0.406 e. The van der Waals surface area contributed by atoms with Crippen LogP contribution in [0.5, 0.6) is 5.75 Å². The maximum atomic E-state index is 13.7. The number of methoxy groups -OCH3 is 1. The van der Waals surface area contributed by atoms with Crippen LogP contribution in [0, 0.1) is 17.3 Å². The number of rotatable bonds is 8. The maximum absolute atomic E-state index is 13.7. The van der Waals surface area contributed by atoms with E-state index in [-0.39, 0.29) is 35.6 Å². The van der Waals surface area contributed by atoms with E-state index in [0.717, 1.165) is 38.0 Å². The lowest BCUT2D eigenvalue weighted by molar-refractivity contribution is -0.140. The Balaban J connectivity index is 1.33. The van der Waals surface area contributed by atoms with E-state index in [0.29, 0.717) is 41.1 Å². The summed E-state index contributed by atoms with van der Waals surface area (Å²) in [7, 11) is 3.62. The monoisotopic (exact) mass is 625 g/mol. The summed E-state index contributed by atoms with van der Waals surface area (Å²) in [5, 5.41) is 10.6. The lowest BCUT2D eigenvalue weighted by Gasteiger charge is -2.43. The van der Waals surface area contributed by atoms with Gasteiger partial charge in [0.15, 0.2) is 0 Å². The van der Waals surface area contributed by atoms with Crippen LogP contribution < -0.4 is 20.7 Å². The Morgan fingerprint density at radius 1 is 1.11 bits per heavy atom. The average molecular weight is 626 g/mol. The standard InChI is InChI=1S/C34H42F3N5O3/c1-33(2)21-41(3)16-12-31(33)40-27-8-5-9-29-26(27)20-25(42(29)22-34(35,36)37)7-6-15-38-28-11-10-23(19-30(28)44-4)32(43)39-24-13-17-45-18-14-24/h5,8-11,19-20,24,31,38,40H,12-18,21-22H2,1-4H3,(H,39,43)/t31-/m1/s1. The van der Waals surface area contributed by atoms with E-state index in [4.69, 9.17) is 9.47 Å². The highest BCUT2D eigenvalue weighted by Gasteiger charge is 2.35. The number of carbonyl (C=O) groups is 1. The second-order valence-electron chi connectivity index (χ2n) is 12.6. The summed E-state index contributed by atoms with van der Waals surface area (Å²) in [6.07, 6.45) is -1.92. The van der Waals surface area contributed by atoms with Crippen LogP contribution in [0.1, 0.15) is 49.2 Å². The minimum Gasteiger partial charge on any atom is -0.495 e. The number of carbonyl (C=O) groups excluding carboxylic acids is 1. The number of aromatic nitrogens is 1.